The zero-order valence-electron chi connectivity index (χ0n) is 9.65. The van der Waals surface area contributed by atoms with Gasteiger partial charge in [0.1, 0.15) is 5.69 Å². The van der Waals surface area contributed by atoms with Crippen molar-refractivity contribution >= 4 is 17.6 Å². The van der Waals surface area contributed by atoms with Crippen LogP contribution >= 0.6 is 0 Å². The van der Waals surface area contributed by atoms with E-state index in [1.54, 1.807) is 6.92 Å². The Morgan fingerprint density at radius 2 is 1.94 bits per heavy atom. The molecule has 98 valence electrons. The summed E-state index contributed by atoms with van der Waals surface area (Å²) in [5.74, 6) is -2.97. The highest BCUT2D eigenvalue weighted by molar-refractivity contribution is 5.93. The fraction of sp³-hybridized carbons (Fsp3) is 0.200. The van der Waals surface area contributed by atoms with Crippen LogP contribution in [0.15, 0.2) is 22.1 Å². The van der Waals surface area contributed by atoms with Crippen LogP contribution in [0.25, 0.3) is 0 Å². The number of nitrogens with two attached hydrogens (primary N) is 3. The highest BCUT2D eigenvalue weighted by Crippen LogP contribution is 2.29. The molecule has 0 fully saturated rings. The summed E-state index contributed by atoms with van der Waals surface area (Å²) in [6.07, 6.45) is 0. The summed E-state index contributed by atoms with van der Waals surface area (Å²) in [6, 6.07) is 2.11. The minimum absolute atomic E-state index is 0.115. The van der Waals surface area contributed by atoms with Crippen molar-refractivity contribution in [3.63, 3.8) is 0 Å². The molecule has 0 aromatic heterocycles. The molecule has 0 bridgehead atoms. The molecule has 0 aliphatic heterocycles. The van der Waals surface area contributed by atoms with Crippen molar-refractivity contribution in [2.24, 2.45) is 27.2 Å². The van der Waals surface area contributed by atoms with Crippen LogP contribution in [0, 0.1) is 11.6 Å². The summed E-state index contributed by atoms with van der Waals surface area (Å²) >= 11 is 0. The van der Waals surface area contributed by atoms with E-state index in [1.807, 2.05) is 0 Å². The van der Waals surface area contributed by atoms with Gasteiger partial charge in [0.05, 0.1) is 6.61 Å². The smallest absolute Gasteiger partial charge is 0.223 e. The maximum absolute atomic E-state index is 13.8. The molecule has 6 N–H and O–H groups in total. The number of benzene rings is 1. The molecular formula is C10H13F2N5O. The number of nitrogens with zero attached hydrogens (tertiary/aromatic N) is 2. The van der Waals surface area contributed by atoms with E-state index in [9.17, 15) is 8.78 Å². The van der Waals surface area contributed by atoms with Crippen molar-refractivity contribution in [1.82, 2.24) is 0 Å². The lowest BCUT2D eigenvalue weighted by Crippen LogP contribution is -2.26. The van der Waals surface area contributed by atoms with Gasteiger partial charge >= 0.3 is 0 Å². The van der Waals surface area contributed by atoms with E-state index in [0.717, 1.165) is 12.1 Å². The maximum Gasteiger partial charge on any atom is 0.223 e. The molecule has 0 aliphatic rings. The van der Waals surface area contributed by atoms with Crippen LogP contribution in [0.5, 0.6) is 5.75 Å². The average Bonchev–Trinajstić information content (AvgIpc) is 2.27. The second kappa shape index (κ2) is 5.80. The highest BCUT2D eigenvalue weighted by atomic mass is 19.1. The number of hydrogen-bond donors (Lipinski definition) is 3. The molecule has 0 radical (unpaired) electrons. The normalized spacial score (nSPS) is 11.2. The number of ether oxygens (including phenoxy) is 1. The van der Waals surface area contributed by atoms with Gasteiger partial charge in [-0.3, -0.25) is 0 Å². The van der Waals surface area contributed by atoms with Crippen LogP contribution < -0.4 is 21.9 Å². The Morgan fingerprint density at radius 3 is 2.50 bits per heavy atom. The first kappa shape index (κ1) is 13.7. The minimum atomic E-state index is -0.967. The Kier molecular flexibility index (Phi) is 4.41. The van der Waals surface area contributed by atoms with E-state index in [4.69, 9.17) is 21.9 Å². The van der Waals surface area contributed by atoms with Gasteiger partial charge in [-0.2, -0.15) is 4.99 Å². The van der Waals surface area contributed by atoms with Gasteiger partial charge in [-0.1, -0.05) is 0 Å². The summed E-state index contributed by atoms with van der Waals surface area (Å²) in [4.78, 5) is 7.02. The Labute approximate surface area is 102 Å². The fourth-order valence-electron chi connectivity index (χ4n) is 1.17. The second-order valence-electron chi connectivity index (χ2n) is 3.15. The molecule has 1 aromatic carbocycles. The van der Waals surface area contributed by atoms with Crippen molar-refractivity contribution in [2.75, 3.05) is 6.61 Å². The van der Waals surface area contributed by atoms with Gasteiger partial charge in [0.2, 0.25) is 5.96 Å². The van der Waals surface area contributed by atoms with E-state index in [2.05, 4.69) is 9.98 Å². The number of halogens is 2. The van der Waals surface area contributed by atoms with Crippen LogP contribution in [0.2, 0.25) is 0 Å². The monoisotopic (exact) mass is 257 g/mol. The van der Waals surface area contributed by atoms with Gasteiger partial charge in [-0.25, -0.2) is 13.8 Å². The van der Waals surface area contributed by atoms with E-state index < -0.39 is 17.4 Å². The van der Waals surface area contributed by atoms with Gasteiger partial charge in [0.25, 0.3) is 0 Å². The topological polar surface area (TPSA) is 112 Å². The largest absolute Gasteiger partial charge is 0.488 e. The Morgan fingerprint density at radius 1 is 1.28 bits per heavy atom. The third kappa shape index (κ3) is 3.30. The summed E-state index contributed by atoms with van der Waals surface area (Å²) in [5, 5.41) is 0. The summed E-state index contributed by atoms with van der Waals surface area (Å²) in [7, 11) is 0. The first-order chi connectivity index (χ1) is 8.45. The maximum atomic E-state index is 13.8. The molecule has 8 heteroatoms. The molecule has 0 amide bonds. The number of guanidine groups is 2. The minimum Gasteiger partial charge on any atom is -0.488 e. The summed E-state index contributed by atoms with van der Waals surface area (Å²) in [5.41, 5.74) is 15.3. The molecule has 1 aromatic rings. The number of hydrogen-bond acceptors (Lipinski definition) is 2. The van der Waals surface area contributed by atoms with Crippen LogP contribution in [0.3, 0.4) is 0 Å². The van der Waals surface area contributed by atoms with Crippen molar-refractivity contribution < 1.29 is 13.5 Å². The first-order valence-corrected chi connectivity index (χ1v) is 5.00. The lowest BCUT2D eigenvalue weighted by molar-refractivity contribution is 0.303. The lowest BCUT2D eigenvalue weighted by atomic mass is 10.2. The third-order valence-corrected chi connectivity index (χ3v) is 1.80. The molecule has 0 saturated heterocycles. The third-order valence-electron chi connectivity index (χ3n) is 1.80. The summed E-state index contributed by atoms with van der Waals surface area (Å²) in [6.45, 7) is 1.72. The van der Waals surface area contributed by atoms with E-state index in [1.165, 1.54) is 0 Å². The number of rotatable bonds is 3. The van der Waals surface area contributed by atoms with Crippen molar-refractivity contribution in [3.8, 4) is 5.75 Å². The molecule has 1 rings (SSSR count). The molecule has 0 heterocycles. The average molecular weight is 257 g/mol. The molecule has 0 atom stereocenters. The van der Waals surface area contributed by atoms with Crippen LogP contribution in [0.4, 0.5) is 14.5 Å². The van der Waals surface area contributed by atoms with Crippen molar-refractivity contribution in [2.45, 2.75) is 6.92 Å². The van der Waals surface area contributed by atoms with Crippen molar-refractivity contribution in [1.29, 1.82) is 0 Å². The van der Waals surface area contributed by atoms with E-state index >= 15 is 0 Å². The predicted molar refractivity (Wildman–Crippen MR) is 64.6 cm³/mol. The van der Waals surface area contributed by atoms with Gasteiger partial charge in [0.15, 0.2) is 23.3 Å². The Bertz CT molecular complexity index is 497. The van der Waals surface area contributed by atoms with Crippen LogP contribution in [-0.2, 0) is 0 Å². The first-order valence-electron chi connectivity index (χ1n) is 5.00. The second-order valence-corrected chi connectivity index (χ2v) is 3.15. The molecule has 0 aliphatic carbocycles. The highest BCUT2D eigenvalue weighted by Gasteiger charge is 2.14. The quantitative estimate of drug-likeness (QED) is 0.543. The SMILES string of the molecule is CCOc1c(F)ccc(N=C(N)N=C(N)N)c1F. The zero-order chi connectivity index (χ0) is 13.7. The van der Waals surface area contributed by atoms with Gasteiger partial charge in [-0.05, 0) is 19.1 Å². The Hall–Kier alpha value is -2.38. The van der Waals surface area contributed by atoms with Crippen molar-refractivity contribution in [3.05, 3.63) is 23.8 Å². The van der Waals surface area contributed by atoms with E-state index in [-0.39, 0.29) is 24.2 Å². The van der Waals surface area contributed by atoms with Gasteiger partial charge in [-0.15, -0.1) is 0 Å². The van der Waals surface area contributed by atoms with Gasteiger partial charge < -0.3 is 21.9 Å². The van der Waals surface area contributed by atoms with Crippen LogP contribution in [0.1, 0.15) is 6.92 Å². The van der Waals surface area contributed by atoms with Gasteiger partial charge in [0, 0.05) is 0 Å². The molecule has 0 spiro atoms. The molecule has 0 unspecified atom stereocenters. The van der Waals surface area contributed by atoms with E-state index in [0.29, 0.717) is 0 Å². The Balaban J connectivity index is 3.19. The zero-order valence-corrected chi connectivity index (χ0v) is 9.65. The molecule has 6 nitrogen and oxygen atoms in total. The molecular weight excluding hydrogens is 244 g/mol. The standard InChI is InChI=1S/C10H13F2N5O/c1-2-18-8-5(11)3-4-6(7(8)12)16-10(15)17-9(13)14/h3-4H,2H2,1H3,(H6,13,14,15,16,17). The fourth-order valence-corrected chi connectivity index (χ4v) is 1.17. The lowest BCUT2D eigenvalue weighted by Gasteiger charge is -2.07. The summed E-state index contributed by atoms with van der Waals surface area (Å²) < 4.78 is 31.9. The predicted octanol–water partition coefficient (Wildman–Crippen LogP) is 0.583. The molecule has 0 saturated carbocycles. The molecule has 18 heavy (non-hydrogen) atoms. The number of aliphatic imine (C=N–C) groups is 2. The van der Waals surface area contributed by atoms with Crippen LogP contribution in [-0.4, -0.2) is 18.5 Å².